The van der Waals surface area contributed by atoms with E-state index >= 15 is 0 Å². The molecule has 0 aliphatic carbocycles. The van der Waals surface area contributed by atoms with Crippen molar-refractivity contribution in [3.63, 3.8) is 0 Å². The summed E-state index contributed by atoms with van der Waals surface area (Å²) in [6.45, 7) is 5.71. The third-order valence-electron chi connectivity index (χ3n) is 3.36. The van der Waals surface area contributed by atoms with Crippen molar-refractivity contribution in [3.8, 4) is 0 Å². The summed E-state index contributed by atoms with van der Waals surface area (Å²) in [5, 5.41) is 3.50. The van der Waals surface area contributed by atoms with Gasteiger partial charge < -0.3 is 15.1 Å². The van der Waals surface area contributed by atoms with Crippen LogP contribution in [0.4, 0.5) is 0 Å². The molecule has 1 N–H and O–H groups in total. The lowest BCUT2D eigenvalue weighted by Gasteiger charge is -2.30. The zero-order valence-corrected chi connectivity index (χ0v) is 11.5. The maximum absolute atomic E-state index is 12.0. The highest BCUT2D eigenvalue weighted by molar-refractivity contribution is 5.76. The van der Waals surface area contributed by atoms with Crippen LogP contribution >= 0.6 is 0 Å². The van der Waals surface area contributed by atoms with Crippen LogP contribution in [0.2, 0.25) is 0 Å². The molecule has 100 valence electrons. The molecule has 1 heterocycles. The van der Waals surface area contributed by atoms with Crippen LogP contribution < -0.4 is 5.32 Å². The summed E-state index contributed by atoms with van der Waals surface area (Å²) in [5.74, 6) is 0.286. The Balaban J connectivity index is 2.32. The van der Waals surface area contributed by atoms with E-state index < -0.39 is 0 Å². The van der Waals surface area contributed by atoms with Crippen molar-refractivity contribution in [1.29, 1.82) is 0 Å². The molecule has 1 aliphatic heterocycles. The third-order valence-corrected chi connectivity index (χ3v) is 3.36. The van der Waals surface area contributed by atoms with E-state index in [4.69, 9.17) is 0 Å². The van der Waals surface area contributed by atoms with Crippen LogP contribution in [0.1, 0.15) is 32.6 Å². The van der Waals surface area contributed by atoms with Gasteiger partial charge in [0.2, 0.25) is 5.91 Å². The van der Waals surface area contributed by atoms with Gasteiger partial charge in [-0.25, -0.2) is 0 Å². The van der Waals surface area contributed by atoms with Gasteiger partial charge in [0.1, 0.15) is 0 Å². The molecule has 1 saturated heterocycles. The van der Waals surface area contributed by atoms with Gasteiger partial charge in [0.15, 0.2) is 0 Å². The number of carbonyl (C=O) groups is 1. The molecule has 1 rings (SSSR count). The monoisotopic (exact) mass is 241 g/mol. The first-order valence-electron chi connectivity index (χ1n) is 6.79. The minimum absolute atomic E-state index is 0.286. The molecule has 0 aromatic heterocycles. The number of amides is 1. The molecular formula is C13H27N3O. The van der Waals surface area contributed by atoms with Crippen molar-refractivity contribution in [2.45, 2.75) is 38.6 Å². The van der Waals surface area contributed by atoms with Gasteiger partial charge in [-0.15, -0.1) is 0 Å². The standard InChI is InChI=1S/C13H27N3O/c1-4-16(13(17)8-10-15(2)3)11-12-7-5-6-9-14-12/h12,14H,4-11H2,1-3H3. The first kappa shape index (κ1) is 14.5. The predicted molar refractivity (Wildman–Crippen MR) is 71.1 cm³/mol. The molecule has 4 heteroatoms. The van der Waals surface area contributed by atoms with E-state index in [0.29, 0.717) is 12.5 Å². The lowest BCUT2D eigenvalue weighted by Crippen LogP contribution is -2.46. The van der Waals surface area contributed by atoms with Crippen LogP contribution in [0.25, 0.3) is 0 Å². The molecule has 0 bridgehead atoms. The predicted octanol–water partition coefficient (Wildman–Crippen LogP) is 0.929. The average molecular weight is 241 g/mol. The highest BCUT2D eigenvalue weighted by Crippen LogP contribution is 2.09. The lowest BCUT2D eigenvalue weighted by atomic mass is 10.0. The van der Waals surface area contributed by atoms with Crippen LogP contribution in [-0.2, 0) is 4.79 Å². The Morgan fingerprint density at radius 3 is 2.65 bits per heavy atom. The van der Waals surface area contributed by atoms with Crippen LogP contribution in [0.15, 0.2) is 0 Å². The summed E-state index contributed by atoms with van der Waals surface area (Å²) in [7, 11) is 4.01. The van der Waals surface area contributed by atoms with E-state index in [0.717, 1.165) is 26.2 Å². The largest absolute Gasteiger partial charge is 0.341 e. The maximum Gasteiger partial charge on any atom is 0.223 e. The highest BCUT2D eigenvalue weighted by atomic mass is 16.2. The number of hydrogen-bond acceptors (Lipinski definition) is 3. The summed E-state index contributed by atoms with van der Waals surface area (Å²) in [4.78, 5) is 16.1. The van der Waals surface area contributed by atoms with Gasteiger partial charge in [0.05, 0.1) is 0 Å². The number of rotatable bonds is 6. The minimum Gasteiger partial charge on any atom is -0.341 e. The Hall–Kier alpha value is -0.610. The van der Waals surface area contributed by atoms with Gasteiger partial charge in [-0.05, 0) is 40.4 Å². The molecule has 0 radical (unpaired) electrons. The number of nitrogens with zero attached hydrogens (tertiary/aromatic N) is 2. The molecule has 1 unspecified atom stereocenters. The fourth-order valence-corrected chi connectivity index (χ4v) is 2.23. The number of piperidine rings is 1. The van der Waals surface area contributed by atoms with Crippen LogP contribution in [0.3, 0.4) is 0 Å². The van der Waals surface area contributed by atoms with Gasteiger partial charge >= 0.3 is 0 Å². The van der Waals surface area contributed by atoms with Crippen molar-refractivity contribution in [3.05, 3.63) is 0 Å². The SMILES string of the molecule is CCN(CC1CCCCN1)C(=O)CCN(C)C. The summed E-state index contributed by atoms with van der Waals surface area (Å²) in [5.41, 5.74) is 0. The molecular weight excluding hydrogens is 214 g/mol. The van der Waals surface area contributed by atoms with Crippen molar-refractivity contribution in [2.75, 3.05) is 40.3 Å². The molecule has 1 amide bonds. The Bertz CT molecular complexity index is 225. The van der Waals surface area contributed by atoms with Crippen molar-refractivity contribution < 1.29 is 4.79 Å². The van der Waals surface area contributed by atoms with Gasteiger partial charge in [0.25, 0.3) is 0 Å². The molecule has 1 aliphatic rings. The zero-order chi connectivity index (χ0) is 12.7. The van der Waals surface area contributed by atoms with E-state index in [1.807, 2.05) is 19.0 Å². The second-order valence-electron chi connectivity index (χ2n) is 5.13. The van der Waals surface area contributed by atoms with Gasteiger partial charge in [-0.1, -0.05) is 6.42 Å². The van der Waals surface area contributed by atoms with E-state index in [9.17, 15) is 4.79 Å². The van der Waals surface area contributed by atoms with E-state index in [-0.39, 0.29) is 5.91 Å². The van der Waals surface area contributed by atoms with Crippen LogP contribution in [0.5, 0.6) is 0 Å². The normalized spacial score (nSPS) is 20.6. The van der Waals surface area contributed by atoms with E-state index in [1.54, 1.807) is 0 Å². The molecule has 0 aromatic carbocycles. The number of carbonyl (C=O) groups excluding carboxylic acids is 1. The minimum atomic E-state index is 0.286. The van der Waals surface area contributed by atoms with Crippen molar-refractivity contribution in [2.24, 2.45) is 0 Å². The summed E-state index contributed by atoms with van der Waals surface area (Å²) >= 11 is 0. The Kier molecular flexibility index (Phi) is 6.52. The molecule has 0 spiro atoms. The lowest BCUT2D eigenvalue weighted by molar-refractivity contribution is -0.131. The van der Waals surface area contributed by atoms with Gasteiger partial charge in [-0.2, -0.15) is 0 Å². The zero-order valence-electron chi connectivity index (χ0n) is 11.5. The molecule has 17 heavy (non-hydrogen) atoms. The van der Waals surface area contributed by atoms with Gasteiger partial charge in [-0.3, -0.25) is 4.79 Å². The Labute approximate surface area is 105 Å². The van der Waals surface area contributed by atoms with E-state index in [2.05, 4.69) is 17.1 Å². The quantitative estimate of drug-likeness (QED) is 0.751. The fraction of sp³-hybridized carbons (Fsp3) is 0.923. The second kappa shape index (κ2) is 7.67. The summed E-state index contributed by atoms with van der Waals surface area (Å²) < 4.78 is 0. The van der Waals surface area contributed by atoms with Crippen LogP contribution in [0, 0.1) is 0 Å². The number of nitrogens with one attached hydrogen (secondary N) is 1. The third kappa shape index (κ3) is 5.50. The first-order chi connectivity index (χ1) is 8.13. The Morgan fingerprint density at radius 2 is 2.12 bits per heavy atom. The van der Waals surface area contributed by atoms with Gasteiger partial charge in [0, 0.05) is 32.1 Å². The molecule has 0 saturated carbocycles. The summed E-state index contributed by atoms with van der Waals surface area (Å²) in [6.07, 6.45) is 4.41. The second-order valence-corrected chi connectivity index (χ2v) is 5.13. The molecule has 4 nitrogen and oxygen atoms in total. The average Bonchev–Trinajstić information content (AvgIpc) is 2.34. The Morgan fingerprint density at radius 1 is 1.35 bits per heavy atom. The number of likely N-dealkylation sites (N-methyl/N-ethyl adjacent to an activating group) is 1. The summed E-state index contributed by atoms with van der Waals surface area (Å²) in [6, 6.07) is 0.506. The van der Waals surface area contributed by atoms with Crippen LogP contribution in [-0.4, -0.2) is 62.0 Å². The van der Waals surface area contributed by atoms with Crippen molar-refractivity contribution in [1.82, 2.24) is 15.1 Å². The molecule has 1 atom stereocenters. The number of hydrogen-bond donors (Lipinski definition) is 1. The fourth-order valence-electron chi connectivity index (χ4n) is 2.23. The maximum atomic E-state index is 12.0. The smallest absolute Gasteiger partial charge is 0.223 e. The molecule has 1 fully saturated rings. The first-order valence-corrected chi connectivity index (χ1v) is 6.79. The highest BCUT2D eigenvalue weighted by Gasteiger charge is 2.19. The molecule has 0 aromatic rings. The van der Waals surface area contributed by atoms with Crippen molar-refractivity contribution >= 4 is 5.91 Å². The van der Waals surface area contributed by atoms with E-state index in [1.165, 1.54) is 19.3 Å². The topological polar surface area (TPSA) is 35.6 Å².